The van der Waals surface area contributed by atoms with Gasteiger partial charge < -0.3 is 4.74 Å². The lowest BCUT2D eigenvalue weighted by atomic mass is 10.1. The molecule has 24 heavy (non-hydrogen) atoms. The quantitative estimate of drug-likeness (QED) is 0.564. The van der Waals surface area contributed by atoms with Crippen molar-refractivity contribution < 1.29 is 4.74 Å². The van der Waals surface area contributed by atoms with Crippen LogP contribution in [0.25, 0.3) is 22.3 Å². The highest BCUT2D eigenvalue weighted by Gasteiger charge is 2.04. The lowest BCUT2D eigenvalue weighted by molar-refractivity contribution is 0.306. The van der Waals surface area contributed by atoms with Gasteiger partial charge in [0.15, 0.2) is 0 Å². The van der Waals surface area contributed by atoms with Crippen LogP contribution in [0.1, 0.15) is 5.56 Å². The first-order valence-electron chi connectivity index (χ1n) is 7.72. The molecule has 0 saturated carbocycles. The van der Waals surface area contributed by atoms with Crippen LogP contribution in [0.3, 0.4) is 0 Å². The van der Waals surface area contributed by atoms with Gasteiger partial charge in [0, 0.05) is 23.5 Å². The van der Waals surface area contributed by atoms with Crippen molar-refractivity contribution in [1.82, 2.24) is 15.0 Å². The second-order valence-electron chi connectivity index (χ2n) is 5.42. The summed E-state index contributed by atoms with van der Waals surface area (Å²) in [5, 5.41) is 0. The van der Waals surface area contributed by atoms with Crippen molar-refractivity contribution in [1.29, 1.82) is 0 Å². The van der Waals surface area contributed by atoms with Crippen LogP contribution in [0.2, 0.25) is 0 Å². The molecule has 0 unspecified atom stereocenters. The largest absolute Gasteiger partial charge is 0.489 e. The van der Waals surface area contributed by atoms with Gasteiger partial charge in [-0.1, -0.05) is 30.3 Å². The van der Waals surface area contributed by atoms with E-state index in [1.165, 1.54) is 0 Å². The third kappa shape index (κ3) is 3.08. The minimum Gasteiger partial charge on any atom is -0.489 e. The minimum absolute atomic E-state index is 0.487. The van der Waals surface area contributed by atoms with Gasteiger partial charge in [0.2, 0.25) is 0 Å². The summed E-state index contributed by atoms with van der Waals surface area (Å²) in [6.45, 7) is 0.487. The summed E-state index contributed by atoms with van der Waals surface area (Å²) < 4.78 is 5.85. The molecular weight excluding hydrogens is 298 g/mol. The molecule has 4 rings (SSSR count). The van der Waals surface area contributed by atoms with Gasteiger partial charge in [0.25, 0.3) is 0 Å². The molecule has 0 saturated heterocycles. The molecule has 4 heteroatoms. The number of para-hydroxylation sites is 2. The number of rotatable bonds is 4. The van der Waals surface area contributed by atoms with Crippen LogP contribution in [-0.2, 0) is 6.61 Å². The topological polar surface area (TPSA) is 47.9 Å². The Labute approximate surface area is 139 Å². The molecule has 0 fully saturated rings. The average molecular weight is 313 g/mol. The number of pyridine rings is 1. The average Bonchev–Trinajstić information content (AvgIpc) is 2.67. The van der Waals surface area contributed by atoms with Crippen molar-refractivity contribution in [3.8, 4) is 17.0 Å². The Hall–Kier alpha value is -3.27. The maximum absolute atomic E-state index is 5.85. The molecule has 4 nitrogen and oxygen atoms in total. The first-order valence-corrected chi connectivity index (χ1v) is 7.72. The van der Waals surface area contributed by atoms with Gasteiger partial charge in [-0.2, -0.15) is 0 Å². The van der Waals surface area contributed by atoms with Gasteiger partial charge in [-0.25, -0.2) is 4.98 Å². The van der Waals surface area contributed by atoms with E-state index in [-0.39, 0.29) is 0 Å². The molecule has 0 spiro atoms. The van der Waals surface area contributed by atoms with Crippen molar-refractivity contribution in [2.75, 3.05) is 0 Å². The molecular formula is C20H15N3O. The molecule has 2 aromatic heterocycles. The van der Waals surface area contributed by atoms with Crippen molar-refractivity contribution in [2.45, 2.75) is 6.61 Å². The van der Waals surface area contributed by atoms with Crippen LogP contribution < -0.4 is 4.74 Å². The molecule has 0 aliphatic rings. The molecule has 0 amide bonds. The highest BCUT2D eigenvalue weighted by atomic mass is 16.5. The SMILES string of the molecule is c1cncc(COc2cccc(-c3cnc4ccccc4n3)c2)c1. The number of aromatic nitrogens is 3. The fourth-order valence-corrected chi connectivity index (χ4v) is 2.49. The zero-order valence-electron chi connectivity index (χ0n) is 13.0. The number of benzene rings is 2. The van der Waals surface area contributed by atoms with E-state index in [2.05, 4.69) is 15.0 Å². The first kappa shape index (κ1) is 14.3. The monoisotopic (exact) mass is 313 g/mol. The smallest absolute Gasteiger partial charge is 0.120 e. The van der Waals surface area contributed by atoms with Gasteiger partial charge in [0.05, 0.1) is 22.9 Å². The molecule has 116 valence electrons. The van der Waals surface area contributed by atoms with Gasteiger partial charge in [-0.15, -0.1) is 0 Å². The van der Waals surface area contributed by atoms with Crippen LogP contribution in [0, 0.1) is 0 Å². The molecule has 0 bridgehead atoms. The Morgan fingerprint density at radius 3 is 2.62 bits per heavy atom. The number of hydrogen-bond donors (Lipinski definition) is 0. The molecule has 0 aliphatic heterocycles. The Bertz CT molecular complexity index is 970. The molecule has 0 atom stereocenters. The van der Waals surface area contributed by atoms with Crippen LogP contribution in [0.15, 0.2) is 79.3 Å². The van der Waals surface area contributed by atoms with E-state index >= 15 is 0 Å². The maximum atomic E-state index is 5.85. The highest BCUT2D eigenvalue weighted by Crippen LogP contribution is 2.24. The van der Waals surface area contributed by atoms with Crippen molar-refractivity contribution in [3.63, 3.8) is 0 Å². The summed E-state index contributed by atoms with van der Waals surface area (Å²) in [5.41, 5.74) is 4.63. The van der Waals surface area contributed by atoms with Crippen LogP contribution in [-0.4, -0.2) is 15.0 Å². The van der Waals surface area contributed by atoms with E-state index in [0.717, 1.165) is 33.6 Å². The Balaban J connectivity index is 1.59. The molecule has 0 radical (unpaired) electrons. The lowest BCUT2D eigenvalue weighted by Gasteiger charge is -2.08. The summed E-state index contributed by atoms with van der Waals surface area (Å²) in [7, 11) is 0. The molecule has 0 aliphatic carbocycles. The Morgan fingerprint density at radius 1 is 0.833 bits per heavy atom. The van der Waals surface area contributed by atoms with E-state index in [0.29, 0.717) is 6.61 Å². The number of ether oxygens (including phenoxy) is 1. The lowest BCUT2D eigenvalue weighted by Crippen LogP contribution is -1.96. The summed E-state index contributed by atoms with van der Waals surface area (Å²) in [5.74, 6) is 0.798. The van der Waals surface area contributed by atoms with Crippen molar-refractivity contribution >= 4 is 11.0 Å². The van der Waals surface area contributed by atoms with Crippen molar-refractivity contribution in [3.05, 3.63) is 84.8 Å². The normalized spacial score (nSPS) is 10.7. The van der Waals surface area contributed by atoms with Gasteiger partial charge in [0.1, 0.15) is 12.4 Å². The van der Waals surface area contributed by atoms with Gasteiger partial charge in [-0.3, -0.25) is 9.97 Å². The van der Waals surface area contributed by atoms with Crippen LogP contribution in [0.5, 0.6) is 5.75 Å². The van der Waals surface area contributed by atoms with Gasteiger partial charge in [-0.05, 0) is 30.3 Å². The maximum Gasteiger partial charge on any atom is 0.120 e. The van der Waals surface area contributed by atoms with E-state index in [9.17, 15) is 0 Å². The van der Waals surface area contributed by atoms with E-state index in [1.807, 2.05) is 60.7 Å². The number of hydrogen-bond acceptors (Lipinski definition) is 4. The summed E-state index contributed by atoms with van der Waals surface area (Å²) >= 11 is 0. The van der Waals surface area contributed by atoms with Crippen LogP contribution in [0.4, 0.5) is 0 Å². The highest BCUT2D eigenvalue weighted by molar-refractivity contribution is 5.77. The summed E-state index contributed by atoms with van der Waals surface area (Å²) in [6.07, 6.45) is 5.35. The fourth-order valence-electron chi connectivity index (χ4n) is 2.49. The van der Waals surface area contributed by atoms with Gasteiger partial charge >= 0.3 is 0 Å². The standard InChI is InChI=1S/C20H15N3O/c1-2-9-19-18(8-1)22-13-20(23-19)16-6-3-7-17(11-16)24-14-15-5-4-10-21-12-15/h1-13H,14H2. The Morgan fingerprint density at radius 2 is 1.75 bits per heavy atom. The second kappa shape index (κ2) is 6.46. The Kier molecular flexibility index (Phi) is 3.86. The third-order valence-corrected chi connectivity index (χ3v) is 3.71. The predicted molar refractivity (Wildman–Crippen MR) is 93.5 cm³/mol. The van der Waals surface area contributed by atoms with E-state index in [4.69, 9.17) is 4.74 Å². The zero-order valence-corrected chi connectivity index (χ0v) is 13.0. The summed E-state index contributed by atoms with van der Waals surface area (Å²) in [4.78, 5) is 13.2. The molecule has 0 N–H and O–H groups in total. The molecule has 2 heterocycles. The fraction of sp³-hybridized carbons (Fsp3) is 0.0500. The number of fused-ring (bicyclic) bond motifs is 1. The summed E-state index contributed by atoms with van der Waals surface area (Å²) in [6, 6.07) is 19.6. The van der Waals surface area contributed by atoms with Crippen molar-refractivity contribution in [2.24, 2.45) is 0 Å². The molecule has 4 aromatic rings. The minimum atomic E-state index is 0.487. The first-order chi connectivity index (χ1) is 11.9. The molecule has 2 aromatic carbocycles. The van der Waals surface area contributed by atoms with E-state index in [1.54, 1.807) is 18.6 Å². The second-order valence-corrected chi connectivity index (χ2v) is 5.42. The zero-order chi connectivity index (χ0) is 16.2. The van der Waals surface area contributed by atoms with Crippen LogP contribution >= 0.6 is 0 Å². The predicted octanol–water partition coefficient (Wildman–Crippen LogP) is 4.27. The number of nitrogens with zero attached hydrogens (tertiary/aromatic N) is 3. The third-order valence-electron chi connectivity index (χ3n) is 3.71. The van der Waals surface area contributed by atoms with E-state index < -0.39 is 0 Å².